The SMILES string of the molecule is Cc1ccc(C2CCC(=O)N2c2cnn(-c3ccccc3)c2)cc1. The van der Waals surface area contributed by atoms with Crippen molar-refractivity contribution >= 4 is 11.6 Å². The van der Waals surface area contributed by atoms with Gasteiger partial charge in [-0.05, 0) is 31.0 Å². The lowest BCUT2D eigenvalue weighted by Gasteiger charge is -2.23. The van der Waals surface area contributed by atoms with Gasteiger partial charge in [-0.25, -0.2) is 4.68 Å². The zero-order valence-corrected chi connectivity index (χ0v) is 13.6. The number of aryl methyl sites for hydroxylation is 1. The largest absolute Gasteiger partial charge is 0.302 e. The van der Waals surface area contributed by atoms with Crippen molar-refractivity contribution in [2.45, 2.75) is 25.8 Å². The van der Waals surface area contributed by atoms with E-state index in [1.54, 1.807) is 6.20 Å². The van der Waals surface area contributed by atoms with Crippen LogP contribution in [0, 0.1) is 6.92 Å². The van der Waals surface area contributed by atoms with Gasteiger partial charge >= 0.3 is 0 Å². The van der Waals surface area contributed by atoms with Crippen LogP contribution < -0.4 is 4.90 Å². The minimum Gasteiger partial charge on any atom is -0.302 e. The molecular weight excluding hydrogens is 298 g/mol. The highest BCUT2D eigenvalue weighted by Crippen LogP contribution is 2.37. The third-order valence-corrected chi connectivity index (χ3v) is 4.54. The number of carbonyl (C=O) groups is 1. The van der Waals surface area contributed by atoms with Gasteiger partial charge in [0.25, 0.3) is 0 Å². The van der Waals surface area contributed by atoms with Crippen molar-refractivity contribution in [2.75, 3.05) is 4.90 Å². The summed E-state index contributed by atoms with van der Waals surface area (Å²) in [6.07, 6.45) is 5.13. The van der Waals surface area contributed by atoms with E-state index in [9.17, 15) is 4.79 Å². The number of amides is 1. The van der Waals surface area contributed by atoms with Crippen molar-refractivity contribution in [3.63, 3.8) is 0 Å². The Bertz CT molecular complexity index is 852. The molecule has 1 fully saturated rings. The predicted octanol–water partition coefficient (Wildman–Crippen LogP) is 4.05. The minimum absolute atomic E-state index is 0.0894. The van der Waals surface area contributed by atoms with Crippen molar-refractivity contribution in [3.8, 4) is 5.69 Å². The number of carbonyl (C=O) groups excluding carboxylic acids is 1. The molecule has 1 aliphatic heterocycles. The van der Waals surface area contributed by atoms with Crippen molar-refractivity contribution in [1.29, 1.82) is 0 Å². The van der Waals surface area contributed by atoms with Crippen LogP contribution in [-0.4, -0.2) is 15.7 Å². The van der Waals surface area contributed by atoms with Gasteiger partial charge in [0, 0.05) is 6.42 Å². The van der Waals surface area contributed by atoms with Crippen LogP contribution in [0.4, 0.5) is 5.69 Å². The maximum atomic E-state index is 12.5. The summed E-state index contributed by atoms with van der Waals surface area (Å²) < 4.78 is 1.81. The van der Waals surface area contributed by atoms with Crippen LogP contribution in [0.5, 0.6) is 0 Å². The summed E-state index contributed by atoms with van der Waals surface area (Å²) in [5, 5.41) is 4.43. The van der Waals surface area contributed by atoms with Gasteiger partial charge in [0.15, 0.2) is 0 Å². The molecule has 1 unspecified atom stereocenters. The third kappa shape index (κ3) is 2.60. The molecule has 120 valence electrons. The average Bonchev–Trinajstić information content (AvgIpc) is 3.23. The average molecular weight is 317 g/mol. The van der Waals surface area contributed by atoms with Gasteiger partial charge in [-0.3, -0.25) is 4.79 Å². The van der Waals surface area contributed by atoms with Gasteiger partial charge < -0.3 is 4.90 Å². The maximum Gasteiger partial charge on any atom is 0.227 e. The molecule has 4 nitrogen and oxygen atoms in total. The molecular formula is C20H19N3O. The molecule has 0 saturated carbocycles. The van der Waals surface area contributed by atoms with Crippen LogP contribution in [-0.2, 0) is 4.79 Å². The molecule has 1 saturated heterocycles. The lowest BCUT2D eigenvalue weighted by Crippen LogP contribution is -2.26. The number of para-hydroxylation sites is 1. The summed E-state index contributed by atoms with van der Waals surface area (Å²) in [7, 11) is 0. The lowest BCUT2D eigenvalue weighted by atomic mass is 10.0. The van der Waals surface area contributed by atoms with Crippen molar-refractivity contribution in [3.05, 3.63) is 78.1 Å². The Morgan fingerprint density at radius 1 is 1.00 bits per heavy atom. The summed E-state index contributed by atoms with van der Waals surface area (Å²) in [5.74, 6) is 0.160. The van der Waals surface area contributed by atoms with Crippen molar-refractivity contribution < 1.29 is 4.79 Å². The molecule has 1 aromatic heterocycles. The Kier molecular flexibility index (Phi) is 3.65. The van der Waals surface area contributed by atoms with E-state index in [4.69, 9.17) is 0 Å². The molecule has 0 bridgehead atoms. The summed E-state index contributed by atoms with van der Waals surface area (Å²) in [6, 6.07) is 18.5. The molecule has 4 heteroatoms. The fourth-order valence-corrected chi connectivity index (χ4v) is 3.27. The molecule has 0 radical (unpaired) electrons. The van der Waals surface area contributed by atoms with E-state index < -0.39 is 0 Å². The van der Waals surface area contributed by atoms with Crippen LogP contribution in [0.3, 0.4) is 0 Å². The van der Waals surface area contributed by atoms with Crippen LogP contribution in [0.2, 0.25) is 0 Å². The van der Waals surface area contributed by atoms with E-state index in [-0.39, 0.29) is 11.9 Å². The standard InChI is InChI=1S/C20H19N3O/c1-15-7-9-16(10-8-15)19-11-12-20(24)23(19)18-13-21-22(14-18)17-5-3-2-4-6-17/h2-10,13-14,19H,11-12H2,1H3. The van der Waals surface area contributed by atoms with Gasteiger partial charge in [0.1, 0.15) is 0 Å². The first-order valence-electron chi connectivity index (χ1n) is 8.21. The van der Waals surface area contributed by atoms with E-state index in [2.05, 4.69) is 36.3 Å². The smallest absolute Gasteiger partial charge is 0.227 e. The Hall–Kier alpha value is -2.88. The first-order chi connectivity index (χ1) is 11.7. The molecule has 1 atom stereocenters. The van der Waals surface area contributed by atoms with Gasteiger partial charge in [0.2, 0.25) is 5.91 Å². The van der Waals surface area contributed by atoms with Gasteiger partial charge in [-0.15, -0.1) is 0 Å². The normalized spacial score (nSPS) is 17.5. The quantitative estimate of drug-likeness (QED) is 0.731. The van der Waals surface area contributed by atoms with E-state index in [1.807, 2.05) is 46.1 Å². The molecule has 1 amide bonds. The molecule has 2 aromatic carbocycles. The predicted molar refractivity (Wildman–Crippen MR) is 94.2 cm³/mol. The zero-order chi connectivity index (χ0) is 16.5. The van der Waals surface area contributed by atoms with Crippen LogP contribution in [0.15, 0.2) is 67.0 Å². The van der Waals surface area contributed by atoms with Crippen LogP contribution in [0.25, 0.3) is 5.69 Å². The maximum absolute atomic E-state index is 12.5. The Morgan fingerprint density at radius 2 is 1.75 bits per heavy atom. The second-order valence-electron chi connectivity index (χ2n) is 6.21. The van der Waals surface area contributed by atoms with Gasteiger partial charge in [0.05, 0.1) is 29.8 Å². The monoisotopic (exact) mass is 317 g/mol. The number of hydrogen-bond donors (Lipinski definition) is 0. The summed E-state index contributed by atoms with van der Waals surface area (Å²) in [5.41, 5.74) is 4.25. The Labute approximate surface area is 141 Å². The summed E-state index contributed by atoms with van der Waals surface area (Å²) >= 11 is 0. The van der Waals surface area contributed by atoms with Crippen molar-refractivity contribution in [2.24, 2.45) is 0 Å². The molecule has 0 aliphatic carbocycles. The minimum atomic E-state index is 0.0894. The second-order valence-corrected chi connectivity index (χ2v) is 6.21. The molecule has 0 N–H and O–H groups in total. The Balaban J connectivity index is 1.67. The summed E-state index contributed by atoms with van der Waals surface area (Å²) in [6.45, 7) is 2.07. The highest BCUT2D eigenvalue weighted by Gasteiger charge is 2.34. The summed E-state index contributed by atoms with van der Waals surface area (Å²) in [4.78, 5) is 14.3. The molecule has 1 aliphatic rings. The van der Waals surface area contributed by atoms with Gasteiger partial charge in [-0.2, -0.15) is 5.10 Å². The number of benzene rings is 2. The van der Waals surface area contributed by atoms with Crippen LogP contribution >= 0.6 is 0 Å². The molecule has 4 rings (SSSR count). The third-order valence-electron chi connectivity index (χ3n) is 4.54. The second kappa shape index (κ2) is 5.96. The van der Waals surface area contributed by atoms with E-state index in [0.717, 1.165) is 17.8 Å². The fourth-order valence-electron chi connectivity index (χ4n) is 3.27. The number of anilines is 1. The van der Waals surface area contributed by atoms with E-state index in [1.165, 1.54) is 11.1 Å². The zero-order valence-electron chi connectivity index (χ0n) is 13.6. The number of hydrogen-bond acceptors (Lipinski definition) is 2. The van der Waals surface area contributed by atoms with E-state index >= 15 is 0 Å². The molecule has 24 heavy (non-hydrogen) atoms. The fraction of sp³-hybridized carbons (Fsp3) is 0.200. The highest BCUT2D eigenvalue weighted by molar-refractivity contribution is 5.96. The van der Waals surface area contributed by atoms with Crippen LogP contribution in [0.1, 0.15) is 30.0 Å². The lowest BCUT2D eigenvalue weighted by molar-refractivity contribution is -0.117. The van der Waals surface area contributed by atoms with Crippen molar-refractivity contribution in [1.82, 2.24) is 9.78 Å². The highest BCUT2D eigenvalue weighted by atomic mass is 16.2. The molecule has 2 heterocycles. The molecule has 3 aromatic rings. The van der Waals surface area contributed by atoms with Gasteiger partial charge in [-0.1, -0.05) is 48.0 Å². The first-order valence-corrected chi connectivity index (χ1v) is 8.21. The number of rotatable bonds is 3. The topological polar surface area (TPSA) is 38.1 Å². The number of nitrogens with zero attached hydrogens (tertiary/aromatic N) is 3. The Morgan fingerprint density at radius 3 is 2.50 bits per heavy atom. The van der Waals surface area contributed by atoms with E-state index in [0.29, 0.717) is 6.42 Å². The number of aromatic nitrogens is 2. The first kappa shape index (κ1) is 14.7. The molecule has 0 spiro atoms.